The quantitative estimate of drug-likeness (QED) is 0.322. The highest BCUT2D eigenvalue weighted by Crippen LogP contribution is 2.44. The summed E-state index contributed by atoms with van der Waals surface area (Å²) < 4.78 is 11.0. The number of aromatic hydroxyl groups is 4. The summed E-state index contributed by atoms with van der Waals surface area (Å²) in [6.07, 6.45) is -6.20. The molecule has 1 aromatic heterocycles. The van der Waals surface area contributed by atoms with Crippen LogP contribution in [-0.2, 0) is 9.53 Å². The van der Waals surface area contributed by atoms with Crippen molar-refractivity contribution in [2.24, 2.45) is 0 Å². The number of hydrogen-bond donors (Lipinski definition) is 6. The van der Waals surface area contributed by atoms with Gasteiger partial charge in [0.05, 0.1) is 5.56 Å². The highest BCUT2D eigenvalue weighted by Gasteiger charge is 2.44. The summed E-state index contributed by atoms with van der Waals surface area (Å²) in [5, 5.41) is 60.2. The van der Waals surface area contributed by atoms with Gasteiger partial charge in [-0.25, -0.2) is 0 Å². The lowest BCUT2D eigenvalue weighted by Crippen LogP contribution is -2.50. The van der Waals surface area contributed by atoms with Gasteiger partial charge in [0, 0.05) is 17.7 Å². The van der Waals surface area contributed by atoms with Crippen molar-refractivity contribution in [3.05, 3.63) is 46.1 Å². The zero-order valence-electron chi connectivity index (χ0n) is 16.0. The predicted molar refractivity (Wildman–Crippen MR) is 105 cm³/mol. The van der Waals surface area contributed by atoms with Gasteiger partial charge in [-0.15, -0.1) is 0 Å². The number of benzene rings is 2. The molecule has 1 fully saturated rings. The molecular weight excluding hydrogens is 412 g/mol. The molecular formula is C21H18O10. The van der Waals surface area contributed by atoms with Gasteiger partial charge in [-0.2, -0.15) is 0 Å². The van der Waals surface area contributed by atoms with Crippen molar-refractivity contribution in [3.8, 4) is 34.3 Å². The molecule has 2 heterocycles. The lowest BCUT2D eigenvalue weighted by Gasteiger charge is -2.35. The van der Waals surface area contributed by atoms with E-state index < -0.39 is 52.9 Å². The summed E-state index contributed by atoms with van der Waals surface area (Å²) in [6.45, 7) is 1.34. The van der Waals surface area contributed by atoms with E-state index in [0.29, 0.717) is 0 Å². The van der Waals surface area contributed by atoms with Crippen LogP contribution in [-0.4, -0.2) is 54.7 Å². The van der Waals surface area contributed by atoms with Gasteiger partial charge in [-0.1, -0.05) is 0 Å². The second-order valence-corrected chi connectivity index (χ2v) is 7.25. The van der Waals surface area contributed by atoms with Crippen LogP contribution in [0.25, 0.3) is 22.3 Å². The average molecular weight is 430 g/mol. The number of rotatable bonds is 2. The Labute approximate surface area is 173 Å². The van der Waals surface area contributed by atoms with Crippen LogP contribution < -0.4 is 5.43 Å². The number of aliphatic hydroxyl groups excluding tert-OH is 2. The first-order valence-corrected chi connectivity index (χ1v) is 9.20. The third kappa shape index (κ3) is 3.26. The van der Waals surface area contributed by atoms with Crippen LogP contribution in [0.1, 0.15) is 18.6 Å². The second-order valence-electron chi connectivity index (χ2n) is 7.25. The fraction of sp³-hybridized carbons (Fsp3) is 0.238. The Kier molecular flexibility index (Phi) is 4.85. The van der Waals surface area contributed by atoms with E-state index in [9.17, 15) is 40.2 Å². The fourth-order valence-electron chi connectivity index (χ4n) is 3.58. The van der Waals surface area contributed by atoms with Gasteiger partial charge >= 0.3 is 0 Å². The maximum atomic E-state index is 12.7. The van der Waals surface area contributed by atoms with E-state index >= 15 is 0 Å². The zero-order valence-corrected chi connectivity index (χ0v) is 16.0. The first-order chi connectivity index (χ1) is 14.6. The minimum absolute atomic E-state index is 0.0112. The fourth-order valence-corrected chi connectivity index (χ4v) is 3.58. The molecule has 1 aliphatic rings. The molecule has 0 bridgehead atoms. The molecule has 2 aromatic carbocycles. The summed E-state index contributed by atoms with van der Waals surface area (Å²) in [5.41, 5.74) is -1.04. The van der Waals surface area contributed by atoms with Crippen molar-refractivity contribution in [1.29, 1.82) is 0 Å². The Morgan fingerprint density at radius 2 is 1.61 bits per heavy atom. The summed E-state index contributed by atoms with van der Waals surface area (Å²) in [7, 11) is 0. The number of carbonyl (C=O) groups excluding carboxylic acids is 1. The Bertz CT molecular complexity index is 1260. The average Bonchev–Trinajstić information content (AvgIpc) is 2.71. The summed E-state index contributed by atoms with van der Waals surface area (Å²) >= 11 is 0. The smallest absolute Gasteiger partial charge is 0.197 e. The molecule has 0 unspecified atom stereocenters. The number of ketones is 1. The predicted octanol–water partition coefficient (Wildman–Crippen LogP) is 1.03. The number of fused-ring (bicyclic) bond motifs is 1. The highest BCUT2D eigenvalue weighted by molar-refractivity contribution is 5.90. The highest BCUT2D eigenvalue weighted by atomic mass is 16.5. The summed E-state index contributed by atoms with van der Waals surface area (Å²) in [6, 6.07) is 5.81. The minimum atomic E-state index is -1.80. The second kappa shape index (κ2) is 7.27. The van der Waals surface area contributed by atoms with Crippen molar-refractivity contribution in [2.75, 3.05) is 0 Å². The van der Waals surface area contributed by atoms with Crippen molar-refractivity contribution in [3.63, 3.8) is 0 Å². The van der Waals surface area contributed by atoms with Crippen LogP contribution in [0.15, 0.2) is 39.5 Å². The number of carbonyl (C=O) groups is 1. The molecule has 1 aliphatic heterocycles. The first kappa shape index (κ1) is 20.7. The van der Waals surface area contributed by atoms with Gasteiger partial charge in [-0.05, 0) is 25.1 Å². The normalized spacial score (nSPS) is 23.9. The Morgan fingerprint density at radius 1 is 0.903 bits per heavy atom. The number of hydrogen-bond acceptors (Lipinski definition) is 10. The van der Waals surface area contributed by atoms with Gasteiger partial charge < -0.3 is 39.8 Å². The van der Waals surface area contributed by atoms with Crippen LogP contribution in [0.2, 0.25) is 0 Å². The largest absolute Gasteiger partial charge is 0.507 e. The van der Waals surface area contributed by atoms with Gasteiger partial charge in [-0.3, -0.25) is 9.59 Å². The first-order valence-electron chi connectivity index (χ1n) is 9.20. The topological polar surface area (TPSA) is 178 Å². The molecule has 0 radical (unpaired) electrons. The lowest BCUT2D eigenvalue weighted by molar-refractivity contribution is -0.181. The van der Waals surface area contributed by atoms with Gasteiger partial charge in [0.15, 0.2) is 22.7 Å². The molecule has 10 heteroatoms. The molecule has 0 amide bonds. The van der Waals surface area contributed by atoms with Crippen LogP contribution >= 0.6 is 0 Å². The van der Waals surface area contributed by atoms with Crippen molar-refractivity contribution in [1.82, 2.24) is 0 Å². The number of Topliss-reactive ketones (excluding diaryl/α,β-unsaturated/α-hetero) is 1. The summed E-state index contributed by atoms with van der Waals surface area (Å²) in [4.78, 5) is 24.5. The molecule has 0 aliphatic carbocycles. The Hall–Kier alpha value is -3.60. The van der Waals surface area contributed by atoms with Crippen LogP contribution in [0, 0.1) is 0 Å². The van der Waals surface area contributed by atoms with E-state index in [1.165, 1.54) is 25.1 Å². The van der Waals surface area contributed by atoms with Crippen molar-refractivity contribution < 1.29 is 44.6 Å². The lowest BCUT2D eigenvalue weighted by atomic mass is 9.91. The number of phenols is 4. The molecule has 10 nitrogen and oxygen atoms in total. The molecule has 4 atom stereocenters. The van der Waals surface area contributed by atoms with Crippen LogP contribution in [0.5, 0.6) is 23.0 Å². The molecule has 31 heavy (non-hydrogen) atoms. The Balaban J connectivity index is 1.88. The third-order valence-corrected chi connectivity index (χ3v) is 5.23. The minimum Gasteiger partial charge on any atom is -0.507 e. The zero-order chi connectivity index (χ0) is 22.6. The van der Waals surface area contributed by atoms with Gasteiger partial charge in [0.2, 0.25) is 0 Å². The van der Waals surface area contributed by atoms with E-state index in [-0.39, 0.29) is 33.6 Å². The number of phenolic OH excluding ortho intramolecular Hbond substituents is 4. The van der Waals surface area contributed by atoms with Crippen molar-refractivity contribution in [2.45, 2.75) is 31.3 Å². The van der Waals surface area contributed by atoms with E-state index in [1.54, 1.807) is 0 Å². The summed E-state index contributed by atoms with van der Waals surface area (Å²) in [5.74, 6) is -2.91. The van der Waals surface area contributed by atoms with Gasteiger partial charge in [0.1, 0.15) is 52.6 Å². The molecule has 0 spiro atoms. The molecule has 6 N–H and O–H groups in total. The van der Waals surface area contributed by atoms with E-state index in [4.69, 9.17) is 9.15 Å². The molecule has 3 aromatic rings. The van der Waals surface area contributed by atoms with E-state index in [2.05, 4.69) is 0 Å². The Morgan fingerprint density at radius 3 is 2.29 bits per heavy atom. The monoisotopic (exact) mass is 430 g/mol. The maximum Gasteiger partial charge on any atom is 0.197 e. The number of aliphatic hydroxyl groups is 2. The van der Waals surface area contributed by atoms with Crippen LogP contribution in [0.3, 0.4) is 0 Å². The van der Waals surface area contributed by atoms with Crippen LogP contribution in [0.4, 0.5) is 0 Å². The molecule has 0 saturated carbocycles. The van der Waals surface area contributed by atoms with Crippen molar-refractivity contribution >= 4 is 16.8 Å². The SMILES string of the molecule is C[C@@H]1O[C@@H](c2c(O)cc3oc(-c4ccc(O)c(O)c4)cc(=O)c3c2O)[C@H](O)[C@H](O)C1=O. The number of ether oxygens (including phenoxy) is 1. The van der Waals surface area contributed by atoms with E-state index in [0.717, 1.165) is 12.1 Å². The molecule has 162 valence electrons. The molecule has 1 saturated heterocycles. The van der Waals surface area contributed by atoms with E-state index in [1.807, 2.05) is 0 Å². The third-order valence-electron chi connectivity index (χ3n) is 5.23. The maximum absolute atomic E-state index is 12.7. The van der Waals surface area contributed by atoms with Gasteiger partial charge in [0.25, 0.3) is 0 Å². The standard InChI is InChI=1S/C21H18O10/c1-7-17(26)19(28)20(29)21(30-7)16-12(25)6-14-15(18(16)27)11(24)5-13(31-14)8-2-3-9(22)10(23)4-8/h2-7,19-23,25,27-29H,1H3/t7-,19+,20+,21-/m0/s1. The molecule has 4 rings (SSSR count).